The van der Waals surface area contributed by atoms with Crippen molar-refractivity contribution in [3.63, 3.8) is 0 Å². The molecule has 10 heteroatoms. The van der Waals surface area contributed by atoms with E-state index in [4.69, 9.17) is 0 Å². The topological polar surface area (TPSA) is 105 Å². The molecule has 0 radical (unpaired) electrons. The largest absolute Gasteiger partial charge is 0.379 e. The molecule has 8 nitrogen and oxygen atoms in total. The molecule has 1 aliphatic rings. The zero-order chi connectivity index (χ0) is 21.2. The second-order valence-corrected chi connectivity index (χ2v) is 10.7. The number of aromatic nitrogens is 1. The van der Waals surface area contributed by atoms with Crippen molar-refractivity contribution in [1.29, 1.82) is 0 Å². The summed E-state index contributed by atoms with van der Waals surface area (Å²) in [7, 11) is -3.77. The lowest BCUT2D eigenvalue weighted by atomic mass is 9.94. The number of aryl methyl sites for hydroxylation is 1. The summed E-state index contributed by atoms with van der Waals surface area (Å²) >= 11 is 1.56. The molecule has 1 aromatic heterocycles. The summed E-state index contributed by atoms with van der Waals surface area (Å²) < 4.78 is 27.5. The normalized spacial score (nSPS) is 20.5. The fourth-order valence-electron chi connectivity index (χ4n) is 3.77. The van der Waals surface area contributed by atoms with Gasteiger partial charge in [0.2, 0.25) is 10.0 Å². The second kappa shape index (κ2) is 8.76. The Kier molecular flexibility index (Phi) is 6.55. The van der Waals surface area contributed by atoms with Gasteiger partial charge in [-0.15, -0.1) is 11.3 Å². The number of benzene rings is 1. The van der Waals surface area contributed by atoms with Crippen molar-refractivity contribution in [2.75, 3.05) is 25.0 Å². The monoisotopic (exact) mass is 438 g/mol. The van der Waals surface area contributed by atoms with Gasteiger partial charge in [0.25, 0.3) is 5.69 Å². The van der Waals surface area contributed by atoms with E-state index in [0.29, 0.717) is 31.7 Å². The van der Waals surface area contributed by atoms with Crippen molar-refractivity contribution >= 4 is 32.7 Å². The number of sulfonamides is 1. The van der Waals surface area contributed by atoms with E-state index < -0.39 is 14.9 Å². The molecule has 0 saturated carbocycles. The van der Waals surface area contributed by atoms with Gasteiger partial charge in [0, 0.05) is 37.5 Å². The smallest absolute Gasteiger partial charge is 0.293 e. The lowest BCUT2D eigenvalue weighted by molar-refractivity contribution is -0.384. The molecular weight excluding hydrogens is 412 g/mol. The van der Waals surface area contributed by atoms with Crippen LogP contribution in [0, 0.1) is 28.9 Å². The van der Waals surface area contributed by atoms with Crippen LogP contribution in [-0.4, -0.2) is 42.3 Å². The van der Waals surface area contributed by atoms with Gasteiger partial charge in [-0.05, 0) is 37.3 Å². The molecule has 1 N–H and O–H groups in total. The molecule has 158 valence electrons. The SMILES string of the molecule is Cc1nc(CCNc2ccc(S(=O)(=O)N3CC(C)CC(C)C3)cc2[N+](=O)[O-])cs1. The van der Waals surface area contributed by atoms with Gasteiger partial charge in [-0.1, -0.05) is 13.8 Å². The first-order valence-corrected chi connectivity index (χ1v) is 11.9. The zero-order valence-electron chi connectivity index (χ0n) is 16.8. The number of rotatable bonds is 7. The molecule has 1 aliphatic heterocycles. The third kappa shape index (κ3) is 5.12. The van der Waals surface area contributed by atoms with Crippen LogP contribution >= 0.6 is 11.3 Å². The van der Waals surface area contributed by atoms with E-state index >= 15 is 0 Å². The summed E-state index contributed by atoms with van der Waals surface area (Å²) in [4.78, 5) is 15.4. The molecule has 2 heterocycles. The predicted molar refractivity (Wildman–Crippen MR) is 114 cm³/mol. The first-order valence-electron chi connectivity index (χ1n) is 9.60. The molecule has 0 bridgehead atoms. The van der Waals surface area contributed by atoms with Gasteiger partial charge in [0.15, 0.2) is 0 Å². The van der Waals surface area contributed by atoms with E-state index in [1.807, 2.05) is 26.2 Å². The summed E-state index contributed by atoms with van der Waals surface area (Å²) in [6, 6.07) is 4.09. The summed E-state index contributed by atoms with van der Waals surface area (Å²) in [6.45, 7) is 7.32. The maximum Gasteiger partial charge on any atom is 0.293 e. The zero-order valence-corrected chi connectivity index (χ0v) is 18.4. The highest BCUT2D eigenvalue weighted by atomic mass is 32.2. The van der Waals surface area contributed by atoms with Gasteiger partial charge in [-0.2, -0.15) is 4.31 Å². The van der Waals surface area contributed by atoms with Crippen molar-refractivity contribution in [2.45, 2.75) is 38.5 Å². The number of thiazole rings is 1. The highest BCUT2D eigenvalue weighted by Gasteiger charge is 2.33. The van der Waals surface area contributed by atoms with Crippen LogP contribution in [0.2, 0.25) is 0 Å². The van der Waals surface area contributed by atoms with E-state index in [9.17, 15) is 18.5 Å². The third-order valence-corrected chi connectivity index (χ3v) is 7.65. The van der Waals surface area contributed by atoms with Crippen LogP contribution < -0.4 is 5.32 Å². The molecular formula is C19H26N4O4S2. The Hall–Kier alpha value is -2.04. The van der Waals surface area contributed by atoms with E-state index in [2.05, 4.69) is 10.3 Å². The van der Waals surface area contributed by atoms with Gasteiger partial charge >= 0.3 is 0 Å². The molecule has 3 rings (SSSR count). The molecule has 0 spiro atoms. The average molecular weight is 439 g/mol. The summed E-state index contributed by atoms with van der Waals surface area (Å²) in [5.41, 5.74) is 0.995. The highest BCUT2D eigenvalue weighted by molar-refractivity contribution is 7.89. The van der Waals surface area contributed by atoms with Gasteiger partial charge in [-0.25, -0.2) is 13.4 Å². The standard InChI is InChI=1S/C19H26N4O4S2/c1-13-8-14(2)11-22(10-13)29(26,27)17-4-5-18(19(9-17)23(24)25)20-7-6-16-12-28-15(3)21-16/h4-5,9,12-14,20H,6-8,10-11H2,1-3H3. The van der Waals surface area contributed by atoms with Crippen molar-refractivity contribution < 1.29 is 13.3 Å². The van der Waals surface area contributed by atoms with E-state index in [0.717, 1.165) is 23.2 Å². The minimum Gasteiger partial charge on any atom is -0.379 e. The molecule has 0 amide bonds. The number of nitrogens with zero attached hydrogens (tertiary/aromatic N) is 3. The van der Waals surface area contributed by atoms with Gasteiger partial charge < -0.3 is 5.32 Å². The molecule has 2 aromatic rings. The van der Waals surface area contributed by atoms with Crippen molar-refractivity contribution in [3.8, 4) is 0 Å². The number of hydrogen-bond acceptors (Lipinski definition) is 7. The van der Waals surface area contributed by atoms with Crippen LogP contribution in [0.4, 0.5) is 11.4 Å². The number of nitro benzene ring substituents is 1. The molecule has 2 unspecified atom stereocenters. The van der Waals surface area contributed by atoms with Crippen LogP contribution in [0.5, 0.6) is 0 Å². The summed E-state index contributed by atoms with van der Waals surface area (Å²) in [5, 5.41) is 17.5. The Bertz CT molecular complexity index is 980. The van der Waals surface area contributed by atoms with Crippen LogP contribution in [0.3, 0.4) is 0 Å². The number of piperidine rings is 1. The lowest BCUT2D eigenvalue weighted by Gasteiger charge is -2.34. The maximum atomic E-state index is 13.0. The number of nitro groups is 1. The fraction of sp³-hybridized carbons (Fsp3) is 0.526. The molecule has 0 aliphatic carbocycles. The Balaban J connectivity index is 1.78. The molecule has 1 fully saturated rings. The van der Waals surface area contributed by atoms with Crippen molar-refractivity contribution in [1.82, 2.24) is 9.29 Å². The average Bonchev–Trinajstić information content (AvgIpc) is 3.06. The quantitative estimate of drug-likeness (QED) is 0.522. The second-order valence-electron chi connectivity index (χ2n) is 7.74. The van der Waals surface area contributed by atoms with E-state index in [-0.39, 0.29) is 22.4 Å². The first kappa shape index (κ1) is 21.7. The molecule has 29 heavy (non-hydrogen) atoms. The maximum absolute atomic E-state index is 13.0. The van der Waals surface area contributed by atoms with Crippen molar-refractivity contribution in [2.24, 2.45) is 11.8 Å². The number of hydrogen-bond donors (Lipinski definition) is 1. The van der Waals surface area contributed by atoms with Gasteiger partial charge in [0.05, 0.1) is 20.5 Å². The van der Waals surface area contributed by atoms with Crippen LogP contribution in [0.25, 0.3) is 0 Å². The van der Waals surface area contributed by atoms with Gasteiger partial charge in [0.1, 0.15) is 5.69 Å². The Morgan fingerprint density at radius 3 is 2.59 bits per heavy atom. The fourth-order valence-corrected chi connectivity index (χ4v) is 6.12. The Morgan fingerprint density at radius 2 is 2.00 bits per heavy atom. The number of nitrogens with one attached hydrogen (secondary N) is 1. The van der Waals surface area contributed by atoms with E-state index in [1.165, 1.54) is 16.4 Å². The lowest BCUT2D eigenvalue weighted by Crippen LogP contribution is -2.42. The van der Waals surface area contributed by atoms with Crippen LogP contribution in [0.1, 0.15) is 31.0 Å². The first-order chi connectivity index (χ1) is 13.7. The Labute approximate surface area is 175 Å². The van der Waals surface area contributed by atoms with Crippen LogP contribution in [-0.2, 0) is 16.4 Å². The predicted octanol–water partition coefficient (Wildman–Crippen LogP) is 3.68. The van der Waals surface area contributed by atoms with Gasteiger partial charge in [-0.3, -0.25) is 10.1 Å². The Morgan fingerprint density at radius 1 is 1.31 bits per heavy atom. The summed E-state index contributed by atoms with van der Waals surface area (Å²) in [6.07, 6.45) is 1.61. The number of anilines is 1. The minimum absolute atomic E-state index is 0.0359. The molecule has 1 aromatic carbocycles. The minimum atomic E-state index is -3.77. The summed E-state index contributed by atoms with van der Waals surface area (Å²) in [5.74, 6) is 0.526. The van der Waals surface area contributed by atoms with E-state index in [1.54, 1.807) is 11.3 Å². The van der Waals surface area contributed by atoms with Crippen LogP contribution in [0.15, 0.2) is 28.5 Å². The highest BCUT2D eigenvalue weighted by Crippen LogP contribution is 2.31. The van der Waals surface area contributed by atoms with Crippen molar-refractivity contribution in [3.05, 3.63) is 44.4 Å². The molecule has 2 atom stereocenters. The molecule has 1 saturated heterocycles. The third-order valence-electron chi connectivity index (χ3n) is 5.00.